The van der Waals surface area contributed by atoms with E-state index in [1.807, 2.05) is 22.8 Å². The molecule has 1 saturated carbocycles. The Labute approximate surface area is 141 Å². The van der Waals surface area contributed by atoms with Crippen LogP contribution in [-0.4, -0.2) is 26.7 Å². The highest BCUT2D eigenvalue weighted by Gasteiger charge is 2.19. The van der Waals surface area contributed by atoms with Gasteiger partial charge >= 0.3 is 0 Å². The maximum absolute atomic E-state index is 6.09. The Balaban J connectivity index is 1.66. The first-order valence-corrected chi connectivity index (χ1v) is 8.63. The van der Waals surface area contributed by atoms with E-state index in [1.54, 1.807) is 0 Å². The van der Waals surface area contributed by atoms with Crippen molar-refractivity contribution in [1.29, 1.82) is 0 Å². The van der Waals surface area contributed by atoms with Gasteiger partial charge in [-0.15, -0.1) is 5.10 Å². The van der Waals surface area contributed by atoms with E-state index in [-0.39, 0.29) is 0 Å². The van der Waals surface area contributed by atoms with Gasteiger partial charge in [0.1, 0.15) is 5.82 Å². The summed E-state index contributed by atoms with van der Waals surface area (Å²) in [5, 5.41) is 8.31. The van der Waals surface area contributed by atoms with Crippen molar-refractivity contribution in [3.8, 4) is 11.3 Å². The predicted molar refractivity (Wildman–Crippen MR) is 97.0 cm³/mol. The molecule has 1 aliphatic carbocycles. The number of fused-ring (bicyclic) bond motifs is 1. The molecule has 1 fully saturated rings. The third-order valence-electron chi connectivity index (χ3n) is 4.74. The van der Waals surface area contributed by atoms with Crippen LogP contribution in [0.15, 0.2) is 42.6 Å². The van der Waals surface area contributed by atoms with Gasteiger partial charge in [0.15, 0.2) is 5.65 Å². The van der Waals surface area contributed by atoms with Crippen molar-refractivity contribution in [1.82, 2.24) is 14.6 Å². The summed E-state index contributed by atoms with van der Waals surface area (Å²) in [7, 11) is 0. The second-order valence-corrected chi connectivity index (χ2v) is 6.77. The van der Waals surface area contributed by atoms with Crippen LogP contribution in [0.5, 0.6) is 0 Å². The van der Waals surface area contributed by atoms with Gasteiger partial charge in [0.2, 0.25) is 0 Å². The fourth-order valence-electron chi connectivity index (χ4n) is 3.52. The molecule has 0 bridgehead atoms. The Morgan fingerprint density at radius 2 is 2.12 bits per heavy atom. The molecule has 2 aromatic heterocycles. The zero-order valence-corrected chi connectivity index (χ0v) is 13.9. The maximum atomic E-state index is 6.09. The standard InChI is InChI=1S/C19H23N5/c1-13-4-2-5-14(10-13)17-12-21-19-9-8-18(23-24(17)19)22-16-7-3-6-15(20)11-16/h2,4-5,8-10,12,15-16H,3,6-7,11,20H2,1H3,(H,22,23). The van der Waals surface area contributed by atoms with Crippen LogP contribution in [0.1, 0.15) is 31.2 Å². The van der Waals surface area contributed by atoms with Crippen LogP contribution in [0.4, 0.5) is 5.82 Å². The van der Waals surface area contributed by atoms with Crippen LogP contribution in [0.25, 0.3) is 16.9 Å². The summed E-state index contributed by atoms with van der Waals surface area (Å²) in [6.45, 7) is 2.10. The number of imidazole rings is 1. The lowest BCUT2D eigenvalue weighted by atomic mass is 9.92. The van der Waals surface area contributed by atoms with Gasteiger partial charge in [-0.2, -0.15) is 0 Å². The fourth-order valence-corrected chi connectivity index (χ4v) is 3.52. The minimum Gasteiger partial charge on any atom is -0.366 e. The lowest BCUT2D eigenvalue weighted by Crippen LogP contribution is -2.35. The lowest BCUT2D eigenvalue weighted by molar-refractivity contribution is 0.408. The number of benzene rings is 1. The van der Waals surface area contributed by atoms with E-state index < -0.39 is 0 Å². The number of anilines is 1. The van der Waals surface area contributed by atoms with Gasteiger partial charge in [0.05, 0.1) is 11.9 Å². The second-order valence-electron chi connectivity index (χ2n) is 6.77. The fraction of sp³-hybridized carbons (Fsp3) is 0.368. The number of nitrogens with zero attached hydrogens (tertiary/aromatic N) is 3. The van der Waals surface area contributed by atoms with Crippen LogP contribution in [0.2, 0.25) is 0 Å². The van der Waals surface area contributed by atoms with E-state index in [2.05, 4.69) is 41.5 Å². The molecule has 4 rings (SSSR count). The molecule has 5 heteroatoms. The van der Waals surface area contributed by atoms with Crippen molar-refractivity contribution in [3.05, 3.63) is 48.2 Å². The summed E-state index contributed by atoms with van der Waals surface area (Å²) in [5.41, 5.74) is 10.3. The van der Waals surface area contributed by atoms with E-state index in [9.17, 15) is 0 Å². The lowest BCUT2D eigenvalue weighted by Gasteiger charge is -2.27. The van der Waals surface area contributed by atoms with Crippen molar-refractivity contribution in [2.24, 2.45) is 5.73 Å². The number of hydrogen-bond donors (Lipinski definition) is 2. The maximum Gasteiger partial charge on any atom is 0.154 e. The number of rotatable bonds is 3. The zero-order chi connectivity index (χ0) is 16.5. The van der Waals surface area contributed by atoms with Crippen molar-refractivity contribution < 1.29 is 0 Å². The third kappa shape index (κ3) is 2.99. The summed E-state index contributed by atoms with van der Waals surface area (Å²) in [5.74, 6) is 0.883. The molecule has 1 aromatic carbocycles. The normalized spacial score (nSPS) is 21.1. The predicted octanol–water partition coefficient (Wildman–Crippen LogP) is 3.39. The van der Waals surface area contributed by atoms with Gasteiger partial charge in [0.25, 0.3) is 0 Å². The smallest absolute Gasteiger partial charge is 0.154 e. The number of hydrogen-bond acceptors (Lipinski definition) is 4. The van der Waals surface area contributed by atoms with E-state index in [0.29, 0.717) is 12.1 Å². The zero-order valence-electron chi connectivity index (χ0n) is 13.9. The average molecular weight is 321 g/mol. The Morgan fingerprint density at radius 3 is 2.96 bits per heavy atom. The molecule has 5 nitrogen and oxygen atoms in total. The van der Waals surface area contributed by atoms with E-state index in [4.69, 9.17) is 10.8 Å². The molecular weight excluding hydrogens is 298 g/mol. The molecule has 2 atom stereocenters. The molecule has 124 valence electrons. The number of aryl methyl sites for hydroxylation is 1. The Morgan fingerprint density at radius 1 is 1.21 bits per heavy atom. The molecule has 1 aliphatic rings. The summed E-state index contributed by atoms with van der Waals surface area (Å²) < 4.78 is 1.92. The number of nitrogens with two attached hydrogens (primary N) is 1. The third-order valence-corrected chi connectivity index (χ3v) is 4.74. The van der Waals surface area contributed by atoms with Crippen molar-refractivity contribution in [2.45, 2.75) is 44.7 Å². The molecule has 0 amide bonds. The highest BCUT2D eigenvalue weighted by molar-refractivity contribution is 5.64. The molecular formula is C19H23N5. The number of aromatic nitrogens is 3. The summed E-state index contributed by atoms with van der Waals surface area (Å²) in [6.07, 6.45) is 6.36. The Kier molecular flexibility index (Phi) is 3.94. The second kappa shape index (κ2) is 6.24. The first-order chi connectivity index (χ1) is 11.7. The molecule has 0 saturated heterocycles. The average Bonchev–Trinajstić information content (AvgIpc) is 2.98. The molecule has 0 aliphatic heterocycles. The first-order valence-electron chi connectivity index (χ1n) is 8.63. The van der Waals surface area contributed by atoms with Crippen LogP contribution < -0.4 is 11.1 Å². The molecule has 3 aromatic rings. The number of nitrogens with one attached hydrogen (secondary N) is 1. The molecule has 0 radical (unpaired) electrons. The summed E-state index contributed by atoms with van der Waals surface area (Å²) in [6, 6.07) is 13.1. The molecule has 2 heterocycles. The summed E-state index contributed by atoms with van der Waals surface area (Å²) in [4.78, 5) is 4.48. The van der Waals surface area contributed by atoms with Gasteiger partial charge < -0.3 is 11.1 Å². The van der Waals surface area contributed by atoms with Crippen molar-refractivity contribution in [2.75, 3.05) is 5.32 Å². The van der Waals surface area contributed by atoms with Gasteiger partial charge in [-0.1, -0.05) is 23.8 Å². The van der Waals surface area contributed by atoms with Gasteiger partial charge in [0, 0.05) is 17.6 Å². The van der Waals surface area contributed by atoms with E-state index in [1.165, 1.54) is 12.0 Å². The molecule has 24 heavy (non-hydrogen) atoms. The molecule has 0 spiro atoms. The first kappa shape index (κ1) is 15.1. The van der Waals surface area contributed by atoms with Crippen LogP contribution in [-0.2, 0) is 0 Å². The van der Waals surface area contributed by atoms with Gasteiger partial charge in [-0.05, 0) is 50.8 Å². The van der Waals surface area contributed by atoms with E-state index in [0.717, 1.165) is 42.0 Å². The minimum absolute atomic E-state index is 0.302. The summed E-state index contributed by atoms with van der Waals surface area (Å²) >= 11 is 0. The topological polar surface area (TPSA) is 68.2 Å². The van der Waals surface area contributed by atoms with Crippen LogP contribution in [0.3, 0.4) is 0 Å². The van der Waals surface area contributed by atoms with Crippen molar-refractivity contribution >= 4 is 11.5 Å². The van der Waals surface area contributed by atoms with Crippen LogP contribution in [0, 0.1) is 6.92 Å². The highest BCUT2D eigenvalue weighted by Crippen LogP contribution is 2.23. The van der Waals surface area contributed by atoms with E-state index >= 15 is 0 Å². The SMILES string of the molecule is Cc1cccc(-c2cnc3ccc(NC4CCCC(N)C4)nn23)c1. The molecule has 2 unspecified atom stereocenters. The quantitative estimate of drug-likeness (QED) is 0.776. The van der Waals surface area contributed by atoms with Crippen molar-refractivity contribution in [3.63, 3.8) is 0 Å². The monoisotopic (exact) mass is 321 g/mol. The molecule has 3 N–H and O–H groups in total. The van der Waals surface area contributed by atoms with Gasteiger partial charge in [-0.25, -0.2) is 9.50 Å². The largest absolute Gasteiger partial charge is 0.366 e. The van der Waals surface area contributed by atoms with Gasteiger partial charge in [-0.3, -0.25) is 0 Å². The Bertz CT molecular complexity index is 854. The highest BCUT2D eigenvalue weighted by atomic mass is 15.3. The van der Waals surface area contributed by atoms with Crippen LogP contribution >= 0.6 is 0 Å². The minimum atomic E-state index is 0.302. The Hall–Kier alpha value is -2.40.